The van der Waals surface area contributed by atoms with Gasteiger partial charge in [0, 0.05) is 32.7 Å². The van der Waals surface area contributed by atoms with Crippen molar-refractivity contribution in [3.05, 3.63) is 54.1 Å². The summed E-state index contributed by atoms with van der Waals surface area (Å²) >= 11 is 0. The topological polar surface area (TPSA) is 29.1 Å². The van der Waals surface area contributed by atoms with Crippen molar-refractivity contribution in [2.45, 2.75) is 20.8 Å². The second-order valence-corrected chi connectivity index (χ2v) is 3.59. The Labute approximate surface area is 140 Å². The van der Waals surface area contributed by atoms with E-state index in [2.05, 4.69) is 5.32 Å². The van der Waals surface area contributed by atoms with Gasteiger partial charge in [0.05, 0.1) is 6.41 Å². The van der Waals surface area contributed by atoms with Gasteiger partial charge >= 0.3 is 0 Å². The fraction of sp³-hybridized carbons (Fsp3) is 0.188. The van der Waals surface area contributed by atoms with Gasteiger partial charge in [0.1, 0.15) is 0 Å². The first-order valence-corrected chi connectivity index (χ1v) is 6.11. The van der Waals surface area contributed by atoms with Gasteiger partial charge in [0.2, 0.25) is 0 Å². The maximum atomic E-state index is 10.5. The SMILES string of the molecule is CC.Cc1cccc(-c2ccccc2)c1N[C-]=O.[Y]. The summed E-state index contributed by atoms with van der Waals surface area (Å²) in [7, 11) is 0. The van der Waals surface area contributed by atoms with E-state index < -0.39 is 0 Å². The van der Waals surface area contributed by atoms with Gasteiger partial charge in [-0.1, -0.05) is 80.6 Å². The summed E-state index contributed by atoms with van der Waals surface area (Å²) in [5, 5.41) is 2.64. The van der Waals surface area contributed by atoms with Crippen molar-refractivity contribution < 1.29 is 37.5 Å². The van der Waals surface area contributed by atoms with E-state index in [1.54, 1.807) is 6.41 Å². The molecule has 0 spiro atoms. The van der Waals surface area contributed by atoms with E-state index in [0.29, 0.717) is 0 Å². The Morgan fingerprint density at radius 3 is 2.16 bits per heavy atom. The third-order valence-corrected chi connectivity index (χ3v) is 2.53. The average Bonchev–Trinajstić information content (AvgIpc) is 2.44. The van der Waals surface area contributed by atoms with Crippen molar-refractivity contribution in [1.29, 1.82) is 0 Å². The number of rotatable bonds is 3. The molecule has 2 aromatic carbocycles. The summed E-state index contributed by atoms with van der Waals surface area (Å²) in [4.78, 5) is 10.5. The number of hydrogen-bond donors (Lipinski definition) is 1. The summed E-state index contributed by atoms with van der Waals surface area (Å²) in [6.07, 6.45) is 1.73. The Hall–Kier alpha value is -0.986. The number of para-hydroxylation sites is 1. The minimum absolute atomic E-state index is 0. The van der Waals surface area contributed by atoms with Crippen LogP contribution in [0, 0.1) is 6.92 Å². The third kappa shape index (κ3) is 4.89. The van der Waals surface area contributed by atoms with Gasteiger partial charge < -0.3 is 10.1 Å². The molecular weight excluding hydrogens is 311 g/mol. The molecule has 1 radical (unpaired) electrons. The fourth-order valence-electron chi connectivity index (χ4n) is 1.74. The van der Waals surface area contributed by atoms with Crippen molar-refractivity contribution >= 4 is 12.1 Å². The molecule has 0 heterocycles. The van der Waals surface area contributed by atoms with Gasteiger partial charge in [-0.05, 0) is 5.56 Å². The van der Waals surface area contributed by atoms with Crippen molar-refractivity contribution in [1.82, 2.24) is 0 Å². The molecule has 0 atom stereocenters. The largest absolute Gasteiger partial charge is 0.489 e. The Bertz CT molecular complexity index is 497. The van der Waals surface area contributed by atoms with Crippen LogP contribution in [-0.4, -0.2) is 6.41 Å². The van der Waals surface area contributed by atoms with Gasteiger partial charge in [0.25, 0.3) is 0 Å². The van der Waals surface area contributed by atoms with Crippen LogP contribution in [0.25, 0.3) is 11.1 Å². The minimum atomic E-state index is 0. The number of benzene rings is 2. The molecule has 19 heavy (non-hydrogen) atoms. The van der Waals surface area contributed by atoms with Crippen LogP contribution in [0.2, 0.25) is 0 Å². The molecule has 0 unspecified atom stereocenters. The summed E-state index contributed by atoms with van der Waals surface area (Å²) < 4.78 is 0. The summed E-state index contributed by atoms with van der Waals surface area (Å²) in [6.45, 7) is 5.96. The monoisotopic (exact) mass is 329 g/mol. The molecule has 1 amide bonds. The van der Waals surface area contributed by atoms with E-state index in [9.17, 15) is 4.79 Å². The van der Waals surface area contributed by atoms with Crippen molar-refractivity contribution in [2.24, 2.45) is 0 Å². The molecule has 0 aliphatic heterocycles. The van der Waals surface area contributed by atoms with Crippen LogP contribution in [0.3, 0.4) is 0 Å². The molecule has 1 N–H and O–H groups in total. The van der Waals surface area contributed by atoms with Crippen molar-refractivity contribution in [2.75, 3.05) is 5.32 Å². The first kappa shape index (κ1) is 18.0. The molecule has 2 nitrogen and oxygen atoms in total. The molecule has 2 rings (SSSR count). The third-order valence-electron chi connectivity index (χ3n) is 2.53. The van der Waals surface area contributed by atoms with Gasteiger partial charge in [-0.2, -0.15) is 0 Å². The van der Waals surface area contributed by atoms with E-state index in [4.69, 9.17) is 0 Å². The van der Waals surface area contributed by atoms with Crippen LogP contribution in [0.5, 0.6) is 0 Å². The first-order valence-electron chi connectivity index (χ1n) is 6.11. The molecule has 0 aromatic heterocycles. The number of nitrogens with one attached hydrogen (secondary N) is 1. The molecule has 3 heteroatoms. The maximum Gasteiger partial charge on any atom is 0.0692 e. The summed E-state index contributed by atoms with van der Waals surface area (Å²) in [6, 6.07) is 15.9. The number of carbonyl (C=O) groups excluding carboxylic acids is 1. The fourth-order valence-corrected chi connectivity index (χ4v) is 1.74. The maximum absolute atomic E-state index is 10.5. The Morgan fingerprint density at radius 2 is 1.58 bits per heavy atom. The number of anilines is 1. The first-order chi connectivity index (χ1) is 8.83. The predicted octanol–water partition coefficient (Wildman–Crippen LogP) is 4.16. The van der Waals surface area contributed by atoms with Crippen LogP contribution in [0.15, 0.2) is 48.5 Å². The molecular formula is C16H18NOY-. The Kier molecular flexibility index (Phi) is 9.37. The van der Waals surface area contributed by atoms with E-state index in [-0.39, 0.29) is 32.7 Å². The zero-order chi connectivity index (χ0) is 13.4. The van der Waals surface area contributed by atoms with Gasteiger partial charge in [-0.15, -0.1) is 5.56 Å². The van der Waals surface area contributed by atoms with Crippen LogP contribution in [0.1, 0.15) is 19.4 Å². The van der Waals surface area contributed by atoms with Gasteiger partial charge in [0.15, 0.2) is 0 Å². The average molecular weight is 329 g/mol. The Balaban J connectivity index is 0.00000103. The molecule has 0 aliphatic rings. The smallest absolute Gasteiger partial charge is 0.0692 e. The van der Waals surface area contributed by atoms with Crippen LogP contribution >= 0.6 is 0 Å². The van der Waals surface area contributed by atoms with Crippen LogP contribution in [0.4, 0.5) is 5.69 Å². The van der Waals surface area contributed by atoms with E-state index in [1.165, 1.54) is 0 Å². The number of amides is 1. The molecule has 0 fully saturated rings. The van der Waals surface area contributed by atoms with Gasteiger partial charge in [-0.3, -0.25) is 0 Å². The van der Waals surface area contributed by atoms with E-state index in [0.717, 1.165) is 22.4 Å². The molecule has 2 aromatic rings. The zero-order valence-electron chi connectivity index (χ0n) is 11.6. The number of aryl methyl sites for hydroxylation is 1. The zero-order valence-corrected chi connectivity index (χ0v) is 14.4. The summed E-state index contributed by atoms with van der Waals surface area (Å²) in [5.41, 5.74) is 3.96. The van der Waals surface area contributed by atoms with Crippen molar-refractivity contribution in [3.8, 4) is 11.1 Å². The standard InChI is InChI=1S/C14H12NO.C2H6.Y/c1-11-6-5-9-13(14(11)15-10-16)12-7-3-2-4-8-12;1-2;/h2-9H,1H3,(H,15,16);1-2H3;/q-1;;. The quantitative estimate of drug-likeness (QED) is 0.665. The normalized spacial score (nSPS) is 8.58. The van der Waals surface area contributed by atoms with E-state index >= 15 is 0 Å². The molecule has 0 saturated carbocycles. The molecule has 97 valence electrons. The minimum Gasteiger partial charge on any atom is -0.489 e. The molecule has 0 saturated heterocycles. The van der Waals surface area contributed by atoms with Crippen molar-refractivity contribution in [3.63, 3.8) is 0 Å². The van der Waals surface area contributed by atoms with E-state index in [1.807, 2.05) is 69.3 Å². The number of hydrogen-bond acceptors (Lipinski definition) is 1. The second-order valence-electron chi connectivity index (χ2n) is 3.59. The van der Waals surface area contributed by atoms with Gasteiger partial charge in [-0.25, -0.2) is 0 Å². The molecule has 0 bridgehead atoms. The summed E-state index contributed by atoms with van der Waals surface area (Å²) in [5.74, 6) is 0. The van der Waals surface area contributed by atoms with Crippen LogP contribution in [-0.2, 0) is 37.5 Å². The predicted molar refractivity (Wildman–Crippen MR) is 77.3 cm³/mol. The Morgan fingerprint density at radius 1 is 0.947 bits per heavy atom. The van der Waals surface area contributed by atoms with Crippen LogP contribution < -0.4 is 5.32 Å². The molecule has 0 aliphatic carbocycles. The second kappa shape index (κ2) is 9.88.